The number of piperidine rings is 1. The standard InChI is InChI=1S/C15H20FN3O2/c16-12-6-4-5-11(14(12)17)15(21)18-8-7-13(20)19-9-2-1-3-10-19/h4-6H,1-3,7-10,17H2,(H,18,21). The van der Waals surface area contributed by atoms with Crippen LogP contribution in [0.4, 0.5) is 10.1 Å². The lowest BCUT2D eigenvalue weighted by molar-refractivity contribution is -0.131. The van der Waals surface area contributed by atoms with Gasteiger partial charge in [0.2, 0.25) is 5.91 Å². The molecule has 1 fully saturated rings. The van der Waals surface area contributed by atoms with E-state index in [9.17, 15) is 14.0 Å². The first-order chi connectivity index (χ1) is 10.1. The summed E-state index contributed by atoms with van der Waals surface area (Å²) in [4.78, 5) is 25.6. The van der Waals surface area contributed by atoms with Crippen molar-refractivity contribution in [3.63, 3.8) is 0 Å². The zero-order valence-corrected chi connectivity index (χ0v) is 11.9. The molecule has 0 unspecified atom stereocenters. The number of anilines is 1. The first-order valence-electron chi connectivity index (χ1n) is 7.19. The maximum absolute atomic E-state index is 13.3. The molecule has 21 heavy (non-hydrogen) atoms. The first-order valence-corrected chi connectivity index (χ1v) is 7.19. The molecule has 1 heterocycles. The molecule has 1 aromatic carbocycles. The third-order valence-corrected chi connectivity index (χ3v) is 3.63. The molecular weight excluding hydrogens is 273 g/mol. The van der Waals surface area contributed by atoms with E-state index in [1.54, 1.807) is 0 Å². The highest BCUT2D eigenvalue weighted by Crippen LogP contribution is 2.15. The van der Waals surface area contributed by atoms with Gasteiger partial charge in [0, 0.05) is 26.1 Å². The van der Waals surface area contributed by atoms with E-state index in [1.165, 1.54) is 24.6 Å². The van der Waals surface area contributed by atoms with Crippen LogP contribution in [0.25, 0.3) is 0 Å². The quantitative estimate of drug-likeness (QED) is 0.827. The SMILES string of the molecule is Nc1c(F)cccc1C(=O)NCCC(=O)N1CCCCC1. The predicted molar refractivity (Wildman–Crippen MR) is 78.2 cm³/mol. The average Bonchev–Trinajstić information content (AvgIpc) is 2.50. The van der Waals surface area contributed by atoms with Crippen molar-refractivity contribution < 1.29 is 14.0 Å². The Labute approximate surface area is 123 Å². The lowest BCUT2D eigenvalue weighted by atomic mass is 10.1. The molecule has 1 aliphatic heterocycles. The van der Waals surface area contributed by atoms with E-state index in [0.29, 0.717) is 0 Å². The third-order valence-electron chi connectivity index (χ3n) is 3.63. The van der Waals surface area contributed by atoms with Crippen LogP contribution >= 0.6 is 0 Å². The Balaban J connectivity index is 1.81. The summed E-state index contributed by atoms with van der Waals surface area (Å²) in [7, 11) is 0. The molecule has 0 spiro atoms. The topological polar surface area (TPSA) is 75.4 Å². The van der Waals surface area contributed by atoms with Gasteiger partial charge in [-0.05, 0) is 31.4 Å². The highest BCUT2D eigenvalue weighted by molar-refractivity contribution is 5.99. The molecule has 6 heteroatoms. The van der Waals surface area contributed by atoms with Crippen molar-refractivity contribution in [2.75, 3.05) is 25.4 Å². The molecule has 5 nitrogen and oxygen atoms in total. The highest BCUT2D eigenvalue weighted by atomic mass is 19.1. The number of hydrogen-bond acceptors (Lipinski definition) is 3. The van der Waals surface area contributed by atoms with E-state index in [0.717, 1.165) is 25.9 Å². The normalized spacial score (nSPS) is 14.8. The van der Waals surface area contributed by atoms with E-state index in [1.807, 2.05) is 4.90 Å². The van der Waals surface area contributed by atoms with E-state index >= 15 is 0 Å². The fourth-order valence-corrected chi connectivity index (χ4v) is 2.41. The maximum Gasteiger partial charge on any atom is 0.253 e. The molecule has 1 aromatic rings. The molecule has 0 bridgehead atoms. The smallest absolute Gasteiger partial charge is 0.253 e. The van der Waals surface area contributed by atoms with Crippen molar-refractivity contribution in [2.45, 2.75) is 25.7 Å². The summed E-state index contributed by atoms with van der Waals surface area (Å²) in [5.41, 5.74) is 5.45. The van der Waals surface area contributed by atoms with E-state index in [-0.39, 0.29) is 30.1 Å². The number of nitrogens with two attached hydrogens (primary N) is 1. The summed E-state index contributed by atoms with van der Waals surface area (Å²) in [5, 5.41) is 2.60. The number of nitrogen functional groups attached to an aromatic ring is 1. The van der Waals surface area contributed by atoms with E-state index < -0.39 is 11.7 Å². The van der Waals surface area contributed by atoms with Gasteiger partial charge in [0.15, 0.2) is 0 Å². The fraction of sp³-hybridized carbons (Fsp3) is 0.467. The minimum Gasteiger partial charge on any atom is -0.396 e. The summed E-state index contributed by atoms with van der Waals surface area (Å²) in [5.74, 6) is -1.03. The van der Waals surface area contributed by atoms with Gasteiger partial charge in [-0.25, -0.2) is 4.39 Å². The van der Waals surface area contributed by atoms with Gasteiger partial charge in [0.05, 0.1) is 11.3 Å². The van der Waals surface area contributed by atoms with Gasteiger partial charge in [-0.1, -0.05) is 6.07 Å². The Bertz CT molecular complexity index is 528. The molecule has 1 saturated heterocycles. The summed E-state index contributed by atoms with van der Waals surface area (Å²) in [6, 6.07) is 4.09. The minimum atomic E-state index is -0.618. The number of likely N-dealkylation sites (tertiary alicyclic amines) is 1. The number of halogens is 1. The number of benzene rings is 1. The van der Waals surface area contributed by atoms with Crippen LogP contribution in [0, 0.1) is 5.82 Å². The summed E-state index contributed by atoms with van der Waals surface area (Å²) < 4.78 is 13.3. The number of rotatable bonds is 4. The van der Waals surface area contributed by atoms with Crippen molar-refractivity contribution >= 4 is 17.5 Å². The Kier molecular flexibility index (Phi) is 5.14. The molecule has 0 radical (unpaired) electrons. The number of carbonyl (C=O) groups is 2. The minimum absolute atomic E-state index is 0.0437. The second kappa shape index (κ2) is 7.06. The van der Waals surface area contributed by atoms with Gasteiger partial charge < -0.3 is 16.0 Å². The van der Waals surface area contributed by atoms with Gasteiger partial charge in [0.1, 0.15) is 5.82 Å². The van der Waals surface area contributed by atoms with Gasteiger partial charge in [0.25, 0.3) is 5.91 Å². The molecule has 2 amide bonds. The largest absolute Gasteiger partial charge is 0.396 e. The Morgan fingerprint density at radius 3 is 2.67 bits per heavy atom. The Hall–Kier alpha value is -2.11. The second-order valence-corrected chi connectivity index (χ2v) is 5.15. The predicted octanol–water partition coefficient (Wildman–Crippen LogP) is 1.54. The van der Waals surface area contributed by atoms with Crippen LogP contribution in [0.15, 0.2) is 18.2 Å². The van der Waals surface area contributed by atoms with Crippen LogP contribution < -0.4 is 11.1 Å². The van der Waals surface area contributed by atoms with Crippen LogP contribution in [0.2, 0.25) is 0 Å². The molecule has 1 aliphatic rings. The maximum atomic E-state index is 13.3. The van der Waals surface area contributed by atoms with Crippen molar-refractivity contribution in [2.24, 2.45) is 0 Å². The molecular formula is C15H20FN3O2. The van der Waals surface area contributed by atoms with Gasteiger partial charge in [-0.15, -0.1) is 0 Å². The van der Waals surface area contributed by atoms with Crippen molar-refractivity contribution in [3.05, 3.63) is 29.6 Å². The van der Waals surface area contributed by atoms with Crippen molar-refractivity contribution in [3.8, 4) is 0 Å². The summed E-state index contributed by atoms with van der Waals surface area (Å²) in [6.07, 6.45) is 3.50. The number of nitrogens with one attached hydrogen (secondary N) is 1. The van der Waals surface area contributed by atoms with Crippen molar-refractivity contribution in [1.82, 2.24) is 10.2 Å². The first kappa shape index (κ1) is 15.3. The number of para-hydroxylation sites is 1. The molecule has 114 valence electrons. The Morgan fingerprint density at radius 2 is 1.95 bits per heavy atom. The number of nitrogens with zero attached hydrogens (tertiary/aromatic N) is 1. The number of amides is 2. The molecule has 0 aliphatic carbocycles. The molecule has 0 atom stereocenters. The average molecular weight is 293 g/mol. The summed E-state index contributed by atoms with van der Waals surface area (Å²) >= 11 is 0. The zero-order valence-electron chi connectivity index (χ0n) is 11.9. The van der Waals surface area contributed by atoms with Crippen LogP contribution in [0.5, 0.6) is 0 Å². The van der Waals surface area contributed by atoms with Crippen LogP contribution in [0.3, 0.4) is 0 Å². The fourth-order valence-electron chi connectivity index (χ4n) is 2.41. The molecule has 0 saturated carbocycles. The van der Waals surface area contributed by atoms with Gasteiger partial charge in [-0.2, -0.15) is 0 Å². The molecule has 0 aromatic heterocycles. The highest BCUT2D eigenvalue weighted by Gasteiger charge is 2.17. The van der Waals surface area contributed by atoms with Crippen LogP contribution in [0.1, 0.15) is 36.0 Å². The Morgan fingerprint density at radius 1 is 1.24 bits per heavy atom. The van der Waals surface area contributed by atoms with Crippen LogP contribution in [-0.2, 0) is 4.79 Å². The van der Waals surface area contributed by atoms with Gasteiger partial charge in [-0.3, -0.25) is 9.59 Å². The lowest BCUT2D eigenvalue weighted by Crippen LogP contribution is -2.37. The van der Waals surface area contributed by atoms with E-state index in [4.69, 9.17) is 5.73 Å². The lowest BCUT2D eigenvalue weighted by Gasteiger charge is -2.26. The van der Waals surface area contributed by atoms with Crippen LogP contribution in [-0.4, -0.2) is 36.3 Å². The van der Waals surface area contributed by atoms with Crippen molar-refractivity contribution in [1.29, 1.82) is 0 Å². The molecule has 3 N–H and O–H groups in total. The second-order valence-electron chi connectivity index (χ2n) is 5.15. The monoisotopic (exact) mass is 293 g/mol. The summed E-state index contributed by atoms with van der Waals surface area (Å²) in [6.45, 7) is 1.82. The third kappa shape index (κ3) is 3.93. The number of hydrogen-bond donors (Lipinski definition) is 2. The van der Waals surface area contributed by atoms with Gasteiger partial charge >= 0.3 is 0 Å². The number of carbonyl (C=O) groups excluding carboxylic acids is 2. The van der Waals surface area contributed by atoms with E-state index in [2.05, 4.69) is 5.32 Å². The molecule has 2 rings (SSSR count). The zero-order chi connectivity index (χ0) is 15.2.